The molecule has 1 heterocycles. The van der Waals surface area contributed by atoms with Crippen molar-refractivity contribution in [2.45, 2.75) is 0 Å². The zero-order valence-corrected chi connectivity index (χ0v) is 16.0. The molecule has 4 rings (SSSR count). The summed E-state index contributed by atoms with van der Waals surface area (Å²) in [5.41, 5.74) is 1.99. The van der Waals surface area contributed by atoms with E-state index in [1.165, 1.54) is 0 Å². The van der Waals surface area contributed by atoms with E-state index in [2.05, 4.69) is 10.6 Å². The molecule has 0 atom stereocenters. The van der Waals surface area contributed by atoms with Crippen LogP contribution in [0.25, 0.3) is 0 Å². The van der Waals surface area contributed by atoms with Crippen molar-refractivity contribution in [1.29, 1.82) is 0 Å². The van der Waals surface area contributed by atoms with Gasteiger partial charge in [0.25, 0.3) is 11.8 Å². The number of ether oxygens (including phenoxy) is 2. The molecule has 2 N–H and O–H groups in total. The molecular formula is C22H17ClN2O4. The molecule has 0 spiro atoms. The first-order chi connectivity index (χ1) is 14.1. The van der Waals surface area contributed by atoms with Crippen LogP contribution >= 0.6 is 11.6 Å². The Morgan fingerprint density at radius 1 is 0.724 bits per heavy atom. The summed E-state index contributed by atoms with van der Waals surface area (Å²) >= 11 is 5.93. The Labute approximate surface area is 172 Å². The third-order valence-corrected chi connectivity index (χ3v) is 4.50. The highest BCUT2D eigenvalue weighted by molar-refractivity contribution is 6.31. The number of fused-ring (bicyclic) bond motifs is 1. The molecular weight excluding hydrogens is 392 g/mol. The third-order valence-electron chi connectivity index (χ3n) is 4.27. The predicted molar refractivity (Wildman–Crippen MR) is 111 cm³/mol. The smallest absolute Gasteiger partial charge is 0.255 e. The number of carbonyl (C=O) groups is 2. The topological polar surface area (TPSA) is 76.7 Å². The molecule has 0 unspecified atom stereocenters. The second-order valence-corrected chi connectivity index (χ2v) is 6.79. The van der Waals surface area contributed by atoms with Crippen molar-refractivity contribution in [2.24, 2.45) is 0 Å². The van der Waals surface area contributed by atoms with Gasteiger partial charge in [-0.2, -0.15) is 0 Å². The highest BCUT2D eigenvalue weighted by Crippen LogP contribution is 2.31. The lowest BCUT2D eigenvalue weighted by molar-refractivity contribution is 0.101. The lowest BCUT2D eigenvalue weighted by atomic mass is 10.1. The molecule has 2 amide bonds. The number of rotatable bonds is 4. The largest absolute Gasteiger partial charge is 0.486 e. The van der Waals surface area contributed by atoms with E-state index in [1.807, 2.05) is 0 Å². The summed E-state index contributed by atoms with van der Waals surface area (Å²) in [5.74, 6) is 0.591. The first kappa shape index (κ1) is 18.8. The van der Waals surface area contributed by atoms with Crippen molar-refractivity contribution in [2.75, 3.05) is 23.8 Å². The Hall–Kier alpha value is -3.51. The number of nitrogens with one attached hydrogen (secondary N) is 2. The lowest BCUT2D eigenvalue weighted by Crippen LogP contribution is -2.17. The van der Waals surface area contributed by atoms with Gasteiger partial charge in [0.1, 0.15) is 13.2 Å². The number of benzene rings is 3. The molecule has 7 heteroatoms. The molecule has 146 valence electrons. The van der Waals surface area contributed by atoms with Crippen LogP contribution in [0.4, 0.5) is 11.4 Å². The van der Waals surface area contributed by atoms with Crippen molar-refractivity contribution >= 4 is 34.8 Å². The minimum Gasteiger partial charge on any atom is -0.486 e. The van der Waals surface area contributed by atoms with Gasteiger partial charge in [-0.1, -0.05) is 23.7 Å². The van der Waals surface area contributed by atoms with Gasteiger partial charge in [-0.25, -0.2) is 0 Å². The van der Waals surface area contributed by atoms with Gasteiger partial charge in [0.2, 0.25) is 0 Å². The Morgan fingerprint density at radius 2 is 1.34 bits per heavy atom. The van der Waals surface area contributed by atoms with Gasteiger partial charge in [-0.05, 0) is 54.6 Å². The molecule has 0 bridgehead atoms. The van der Waals surface area contributed by atoms with Gasteiger partial charge >= 0.3 is 0 Å². The monoisotopic (exact) mass is 408 g/mol. The molecule has 3 aromatic carbocycles. The van der Waals surface area contributed by atoms with Gasteiger partial charge in [0.15, 0.2) is 11.5 Å². The van der Waals surface area contributed by atoms with E-state index in [-0.39, 0.29) is 11.8 Å². The van der Waals surface area contributed by atoms with Gasteiger partial charge in [0, 0.05) is 27.5 Å². The fourth-order valence-electron chi connectivity index (χ4n) is 2.90. The first-order valence-electron chi connectivity index (χ1n) is 8.96. The number of amides is 2. The standard InChI is InChI=1S/C22H17ClN2O4/c23-16-4-1-3-14(11-16)21(26)24-17-5-2-6-18(13-17)25-22(27)15-7-8-19-20(12-15)29-10-9-28-19/h1-8,11-13H,9-10H2,(H,24,26)(H,25,27). The summed E-state index contributed by atoms with van der Waals surface area (Å²) in [6.45, 7) is 0.943. The van der Waals surface area contributed by atoms with Crippen LogP contribution in [-0.2, 0) is 0 Å². The Balaban J connectivity index is 1.46. The predicted octanol–water partition coefficient (Wildman–Crippen LogP) is 4.62. The molecule has 3 aromatic rings. The van der Waals surface area contributed by atoms with Gasteiger partial charge in [-0.3, -0.25) is 9.59 Å². The lowest BCUT2D eigenvalue weighted by Gasteiger charge is -2.18. The Morgan fingerprint density at radius 3 is 2.03 bits per heavy atom. The highest BCUT2D eigenvalue weighted by atomic mass is 35.5. The molecule has 0 aromatic heterocycles. The van der Waals surface area contributed by atoms with Gasteiger partial charge < -0.3 is 20.1 Å². The van der Waals surface area contributed by atoms with E-state index in [4.69, 9.17) is 21.1 Å². The molecule has 29 heavy (non-hydrogen) atoms. The first-order valence-corrected chi connectivity index (χ1v) is 9.34. The van der Waals surface area contributed by atoms with Crippen LogP contribution < -0.4 is 20.1 Å². The molecule has 0 radical (unpaired) electrons. The SMILES string of the molecule is O=C(Nc1cccc(NC(=O)c2ccc3c(c2)OCCO3)c1)c1cccc(Cl)c1. The number of hydrogen-bond donors (Lipinski definition) is 2. The van der Waals surface area contributed by atoms with E-state index in [9.17, 15) is 9.59 Å². The Kier molecular flexibility index (Phi) is 5.35. The van der Waals surface area contributed by atoms with Crippen LogP contribution in [0.2, 0.25) is 5.02 Å². The third kappa shape index (κ3) is 4.50. The summed E-state index contributed by atoms with van der Waals surface area (Å²) < 4.78 is 11.0. The second kappa shape index (κ2) is 8.24. The molecule has 0 saturated heterocycles. The minimum absolute atomic E-state index is 0.289. The van der Waals surface area contributed by atoms with Crippen LogP contribution in [0.1, 0.15) is 20.7 Å². The fourth-order valence-corrected chi connectivity index (χ4v) is 3.09. The van der Waals surface area contributed by atoms with Crippen LogP contribution in [-0.4, -0.2) is 25.0 Å². The maximum absolute atomic E-state index is 12.6. The average molecular weight is 409 g/mol. The van der Waals surface area contributed by atoms with Crippen LogP contribution in [0.15, 0.2) is 66.7 Å². The summed E-state index contributed by atoms with van der Waals surface area (Å²) in [4.78, 5) is 25.0. The van der Waals surface area contributed by atoms with Crippen molar-refractivity contribution in [3.8, 4) is 11.5 Å². The zero-order chi connectivity index (χ0) is 20.2. The molecule has 0 aliphatic carbocycles. The van der Waals surface area contributed by atoms with E-state index >= 15 is 0 Å². The highest BCUT2D eigenvalue weighted by Gasteiger charge is 2.15. The zero-order valence-electron chi connectivity index (χ0n) is 15.3. The maximum atomic E-state index is 12.6. The van der Waals surface area contributed by atoms with Crippen molar-refractivity contribution < 1.29 is 19.1 Å². The number of anilines is 2. The van der Waals surface area contributed by atoms with Crippen molar-refractivity contribution in [3.05, 3.63) is 82.9 Å². The quantitative estimate of drug-likeness (QED) is 0.660. The van der Waals surface area contributed by atoms with E-state index in [0.29, 0.717) is 52.2 Å². The summed E-state index contributed by atoms with van der Waals surface area (Å²) in [5, 5.41) is 6.10. The van der Waals surface area contributed by atoms with Crippen LogP contribution in [0.5, 0.6) is 11.5 Å². The van der Waals surface area contributed by atoms with Crippen molar-refractivity contribution in [1.82, 2.24) is 0 Å². The van der Waals surface area contributed by atoms with E-state index in [1.54, 1.807) is 66.7 Å². The molecule has 0 saturated carbocycles. The fraction of sp³-hybridized carbons (Fsp3) is 0.0909. The molecule has 1 aliphatic rings. The average Bonchev–Trinajstić information content (AvgIpc) is 2.73. The molecule has 0 fully saturated rings. The molecule has 1 aliphatic heterocycles. The summed E-state index contributed by atoms with van der Waals surface area (Å²) in [6, 6.07) is 18.6. The second-order valence-electron chi connectivity index (χ2n) is 6.36. The van der Waals surface area contributed by atoms with Crippen LogP contribution in [0, 0.1) is 0 Å². The summed E-state index contributed by atoms with van der Waals surface area (Å²) in [6.07, 6.45) is 0. The minimum atomic E-state index is -0.291. The maximum Gasteiger partial charge on any atom is 0.255 e. The van der Waals surface area contributed by atoms with Gasteiger partial charge in [0.05, 0.1) is 0 Å². The number of halogens is 1. The summed E-state index contributed by atoms with van der Waals surface area (Å²) in [7, 11) is 0. The molecule has 6 nitrogen and oxygen atoms in total. The van der Waals surface area contributed by atoms with Gasteiger partial charge in [-0.15, -0.1) is 0 Å². The van der Waals surface area contributed by atoms with E-state index < -0.39 is 0 Å². The van der Waals surface area contributed by atoms with Crippen molar-refractivity contribution in [3.63, 3.8) is 0 Å². The number of carbonyl (C=O) groups excluding carboxylic acids is 2. The van der Waals surface area contributed by atoms with E-state index in [0.717, 1.165) is 0 Å². The Bertz CT molecular complexity index is 1080. The normalized spacial score (nSPS) is 12.2. The number of hydrogen-bond acceptors (Lipinski definition) is 4. The van der Waals surface area contributed by atoms with Crippen LogP contribution in [0.3, 0.4) is 0 Å².